The number of halogens is 1. The Kier molecular flexibility index (Phi) is 5.34. The molecule has 5 heteroatoms. The van der Waals surface area contributed by atoms with Crippen LogP contribution in [0.3, 0.4) is 0 Å². The van der Waals surface area contributed by atoms with Crippen molar-refractivity contribution in [2.45, 2.75) is 58.0 Å². The zero-order chi connectivity index (χ0) is 16.2. The molecule has 2 heterocycles. The van der Waals surface area contributed by atoms with E-state index >= 15 is 0 Å². The molecule has 1 aliphatic rings. The van der Waals surface area contributed by atoms with Crippen LogP contribution in [-0.2, 0) is 6.54 Å². The summed E-state index contributed by atoms with van der Waals surface area (Å²) >= 11 is 5.94. The Labute approximate surface area is 141 Å². The van der Waals surface area contributed by atoms with Crippen molar-refractivity contribution in [3.05, 3.63) is 45.5 Å². The van der Waals surface area contributed by atoms with E-state index in [0.717, 1.165) is 11.6 Å². The monoisotopic (exact) mass is 333 g/mol. The van der Waals surface area contributed by atoms with Crippen molar-refractivity contribution in [1.82, 2.24) is 14.7 Å². The molecule has 1 aliphatic carbocycles. The summed E-state index contributed by atoms with van der Waals surface area (Å²) in [4.78, 5) is 16.8. The van der Waals surface area contributed by atoms with Crippen LogP contribution in [0, 0.1) is 5.92 Å². The fourth-order valence-electron chi connectivity index (χ4n) is 3.57. The number of hydrogen-bond donors (Lipinski definition) is 1. The van der Waals surface area contributed by atoms with Gasteiger partial charge in [0.15, 0.2) is 0 Å². The molecule has 0 spiro atoms. The highest BCUT2D eigenvalue weighted by atomic mass is 35.5. The van der Waals surface area contributed by atoms with Gasteiger partial charge in [-0.15, -0.1) is 0 Å². The Morgan fingerprint density at radius 1 is 1.39 bits per heavy atom. The SMILES string of the molecule is CCCC[C@H]1CCC[C@H]1NCc1cc(=O)n2cc(Cl)ccc2n1. The fraction of sp³-hybridized carbons (Fsp3) is 0.556. The van der Waals surface area contributed by atoms with Crippen LogP contribution < -0.4 is 10.9 Å². The van der Waals surface area contributed by atoms with Crippen molar-refractivity contribution >= 4 is 17.2 Å². The molecule has 124 valence electrons. The van der Waals surface area contributed by atoms with Crippen LogP contribution in [0.15, 0.2) is 29.2 Å². The molecule has 4 nitrogen and oxygen atoms in total. The summed E-state index contributed by atoms with van der Waals surface area (Å²) in [6, 6.07) is 5.71. The smallest absolute Gasteiger partial charge is 0.258 e. The van der Waals surface area contributed by atoms with Gasteiger partial charge in [0.2, 0.25) is 0 Å². The van der Waals surface area contributed by atoms with Crippen molar-refractivity contribution in [3.63, 3.8) is 0 Å². The Morgan fingerprint density at radius 2 is 2.26 bits per heavy atom. The molecule has 23 heavy (non-hydrogen) atoms. The summed E-state index contributed by atoms with van der Waals surface area (Å²) in [6.07, 6.45) is 9.34. The number of nitrogens with zero attached hydrogens (tertiary/aromatic N) is 2. The standard InChI is InChI=1S/C18H24ClN3O/c1-2-3-5-13-6-4-7-16(13)20-11-15-10-18(23)22-12-14(19)8-9-17(22)21-15/h8-10,12-13,16,20H,2-7,11H2,1H3/t13-,16+/m0/s1. The van der Waals surface area contributed by atoms with Crippen molar-refractivity contribution in [2.24, 2.45) is 5.92 Å². The molecule has 2 aromatic heterocycles. The molecule has 2 aromatic rings. The van der Waals surface area contributed by atoms with Gasteiger partial charge in [-0.2, -0.15) is 0 Å². The van der Waals surface area contributed by atoms with Gasteiger partial charge in [-0.05, 0) is 37.3 Å². The largest absolute Gasteiger partial charge is 0.308 e. The zero-order valence-electron chi connectivity index (χ0n) is 13.6. The molecule has 0 amide bonds. The van der Waals surface area contributed by atoms with E-state index in [2.05, 4.69) is 17.2 Å². The lowest BCUT2D eigenvalue weighted by atomic mass is 9.97. The van der Waals surface area contributed by atoms with E-state index in [9.17, 15) is 4.79 Å². The maximum Gasteiger partial charge on any atom is 0.258 e. The maximum atomic E-state index is 12.2. The molecule has 1 N–H and O–H groups in total. The van der Waals surface area contributed by atoms with Crippen LogP contribution in [0.1, 0.15) is 51.1 Å². The predicted molar refractivity (Wildman–Crippen MR) is 94.0 cm³/mol. The van der Waals surface area contributed by atoms with Crippen molar-refractivity contribution in [3.8, 4) is 0 Å². The summed E-state index contributed by atoms with van der Waals surface area (Å²) in [6.45, 7) is 2.90. The third-order valence-corrected chi connectivity index (χ3v) is 5.03. The van der Waals surface area contributed by atoms with Crippen molar-refractivity contribution < 1.29 is 0 Å². The van der Waals surface area contributed by atoms with Crippen LogP contribution in [0.4, 0.5) is 0 Å². The molecule has 0 unspecified atom stereocenters. The van der Waals surface area contributed by atoms with E-state index in [1.54, 1.807) is 24.4 Å². The fourth-order valence-corrected chi connectivity index (χ4v) is 3.73. The van der Waals surface area contributed by atoms with Crippen molar-refractivity contribution in [2.75, 3.05) is 0 Å². The normalized spacial score (nSPS) is 21.1. The molecule has 1 fully saturated rings. The van der Waals surface area contributed by atoms with E-state index in [1.165, 1.54) is 42.9 Å². The van der Waals surface area contributed by atoms with E-state index < -0.39 is 0 Å². The number of fused-ring (bicyclic) bond motifs is 1. The van der Waals surface area contributed by atoms with Crippen LogP contribution in [0.5, 0.6) is 0 Å². The Hall–Kier alpha value is -1.39. The van der Waals surface area contributed by atoms with Gasteiger partial charge in [0.25, 0.3) is 5.56 Å². The number of unbranched alkanes of at least 4 members (excludes halogenated alkanes) is 1. The van der Waals surface area contributed by atoms with Gasteiger partial charge in [-0.1, -0.05) is 37.8 Å². The van der Waals surface area contributed by atoms with Gasteiger partial charge >= 0.3 is 0 Å². The first kappa shape index (κ1) is 16.5. The highest BCUT2D eigenvalue weighted by Crippen LogP contribution is 2.30. The number of hydrogen-bond acceptors (Lipinski definition) is 3. The van der Waals surface area contributed by atoms with Crippen LogP contribution in [-0.4, -0.2) is 15.4 Å². The third-order valence-electron chi connectivity index (χ3n) is 4.81. The Balaban J connectivity index is 1.69. The molecule has 1 saturated carbocycles. The van der Waals surface area contributed by atoms with Gasteiger partial charge in [0, 0.05) is 24.8 Å². The minimum Gasteiger partial charge on any atom is -0.308 e. The zero-order valence-corrected chi connectivity index (χ0v) is 14.4. The first-order chi connectivity index (χ1) is 11.2. The lowest BCUT2D eigenvalue weighted by Gasteiger charge is -2.20. The number of nitrogens with one attached hydrogen (secondary N) is 1. The molecule has 3 rings (SSSR count). The maximum absolute atomic E-state index is 12.2. The number of aromatic nitrogens is 2. The minimum absolute atomic E-state index is 0.0803. The predicted octanol–water partition coefficient (Wildman–Crippen LogP) is 3.80. The second kappa shape index (κ2) is 7.45. The van der Waals surface area contributed by atoms with Gasteiger partial charge in [-0.25, -0.2) is 4.98 Å². The third kappa shape index (κ3) is 3.93. The van der Waals surface area contributed by atoms with E-state index in [4.69, 9.17) is 11.6 Å². The molecule has 0 saturated heterocycles. The summed E-state index contributed by atoms with van der Waals surface area (Å²) in [7, 11) is 0. The Bertz CT molecular complexity index is 728. The summed E-state index contributed by atoms with van der Waals surface area (Å²) in [5.41, 5.74) is 1.37. The first-order valence-electron chi connectivity index (χ1n) is 8.58. The van der Waals surface area contributed by atoms with Crippen LogP contribution in [0.25, 0.3) is 5.65 Å². The van der Waals surface area contributed by atoms with Crippen LogP contribution >= 0.6 is 11.6 Å². The molecule has 0 aromatic carbocycles. The second-order valence-electron chi connectivity index (χ2n) is 6.48. The molecule has 0 bridgehead atoms. The Morgan fingerprint density at radius 3 is 3.09 bits per heavy atom. The summed E-state index contributed by atoms with van der Waals surface area (Å²) in [5.74, 6) is 0.773. The highest BCUT2D eigenvalue weighted by Gasteiger charge is 2.26. The quantitative estimate of drug-likeness (QED) is 0.874. The molecule has 0 radical (unpaired) electrons. The first-order valence-corrected chi connectivity index (χ1v) is 8.96. The molecular weight excluding hydrogens is 310 g/mol. The average molecular weight is 334 g/mol. The lowest BCUT2D eigenvalue weighted by Crippen LogP contribution is -2.32. The molecular formula is C18H24ClN3O. The summed E-state index contributed by atoms with van der Waals surface area (Å²) < 4.78 is 1.49. The van der Waals surface area contributed by atoms with Gasteiger partial charge in [0.05, 0.1) is 10.7 Å². The number of pyridine rings is 1. The van der Waals surface area contributed by atoms with Gasteiger partial charge < -0.3 is 5.32 Å². The second-order valence-corrected chi connectivity index (χ2v) is 6.92. The number of rotatable bonds is 6. The summed E-state index contributed by atoms with van der Waals surface area (Å²) in [5, 5.41) is 4.16. The molecule has 0 aliphatic heterocycles. The van der Waals surface area contributed by atoms with E-state index in [-0.39, 0.29) is 5.56 Å². The topological polar surface area (TPSA) is 46.4 Å². The minimum atomic E-state index is -0.0803. The highest BCUT2D eigenvalue weighted by molar-refractivity contribution is 6.30. The van der Waals surface area contributed by atoms with E-state index in [0.29, 0.717) is 23.3 Å². The van der Waals surface area contributed by atoms with E-state index in [1.807, 2.05) is 0 Å². The van der Waals surface area contributed by atoms with Gasteiger partial charge in [-0.3, -0.25) is 9.20 Å². The average Bonchev–Trinajstić information content (AvgIpc) is 2.99. The van der Waals surface area contributed by atoms with Gasteiger partial charge in [0.1, 0.15) is 5.65 Å². The lowest BCUT2D eigenvalue weighted by molar-refractivity contribution is 0.367. The van der Waals surface area contributed by atoms with Crippen molar-refractivity contribution in [1.29, 1.82) is 0 Å². The van der Waals surface area contributed by atoms with Crippen LogP contribution in [0.2, 0.25) is 5.02 Å². The molecule has 2 atom stereocenters.